The van der Waals surface area contributed by atoms with Crippen molar-refractivity contribution < 1.29 is 12.3 Å². The number of ketones is 2. The third kappa shape index (κ3) is 2.12. The standard InChI is InChI=1S/C15H15N3O3/c1-8-17-11-4-2-3-10(16)14(11)15(21)18(8)12-6-5-9(19)7-13(12)20/h2-4,12H,5-7,16H2,1H3/i2D,3D. The molecule has 1 heterocycles. The molecule has 0 spiro atoms. The number of carbonyl (C=O) groups excluding carboxylic acids is 2. The van der Waals surface area contributed by atoms with E-state index in [2.05, 4.69) is 4.98 Å². The van der Waals surface area contributed by atoms with Gasteiger partial charge in [0.15, 0.2) is 5.78 Å². The number of benzene rings is 1. The lowest BCUT2D eigenvalue weighted by atomic mass is 9.92. The normalized spacial score (nSPS) is 20.5. The maximum atomic E-state index is 12.8. The van der Waals surface area contributed by atoms with Crippen LogP contribution in [0.2, 0.25) is 0 Å². The molecule has 2 aromatic rings. The lowest BCUT2D eigenvalue weighted by Gasteiger charge is -2.24. The minimum absolute atomic E-state index is 0.0429. The maximum Gasteiger partial charge on any atom is 0.264 e. The van der Waals surface area contributed by atoms with Gasteiger partial charge in [0.25, 0.3) is 5.56 Å². The van der Waals surface area contributed by atoms with Crippen molar-refractivity contribution in [1.29, 1.82) is 0 Å². The van der Waals surface area contributed by atoms with Gasteiger partial charge in [-0.1, -0.05) is 6.04 Å². The van der Waals surface area contributed by atoms with Crippen molar-refractivity contribution in [2.45, 2.75) is 32.2 Å². The van der Waals surface area contributed by atoms with Crippen LogP contribution in [0.4, 0.5) is 5.69 Å². The lowest BCUT2D eigenvalue weighted by molar-refractivity contribution is -0.132. The topological polar surface area (TPSA) is 95.0 Å². The van der Waals surface area contributed by atoms with Crippen LogP contribution in [-0.2, 0) is 9.59 Å². The van der Waals surface area contributed by atoms with Gasteiger partial charge in [-0.15, -0.1) is 0 Å². The summed E-state index contributed by atoms with van der Waals surface area (Å²) in [6, 6.07) is 0.232. The highest BCUT2D eigenvalue weighted by Gasteiger charge is 2.30. The molecule has 1 saturated carbocycles. The molecule has 1 fully saturated rings. The second-order valence-electron chi connectivity index (χ2n) is 5.16. The van der Waals surface area contributed by atoms with Crippen molar-refractivity contribution in [3.63, 3.8) is 0 Å². The van der Waals surface area contributed by atoms with E-state index in [1.54, 1.807) is 6.92 Å². The van der Waals surface area contributed by atoms with E-state index in [0.29, 0.717) is 5.82 Å². The van der Waals surface area contributed by atoms with Crippen molar-refractivity contribution in [2.24, 2.45) is 0 Å². The van der Waals surface area contributed by atoms with E-state index in [9.17, 15) is 14.4 Å². The van der Waals surface area contributed by atoms with Gasteiger partial charge in [-0.25, -0.2) is 4.98 Å². The Kier molecular flexibility index (Phi) is 2.56. The Bertz CT molecular complexity index is 921. The Labute approximate surface area is 123 Å². The van der Waals surface area contributed by atoms with Crippen LogP contribution in [0.15, 0.2) is 22.9 Å². The monoisotopic (exact) mass is 287 g/mol. The Morgan fingerprint density at radius 2 is 2.19 bits per heavy atom. The Morgan fingerprint density at radius 3 is 2.90 bits per heavy atom. The van der Waals surface area contributed by atoms with Gasteiger partial charge in [0.05, 0.1) is 26.1 Å². The van der Waals surface area contributed by atoms with Gasteiger partial charge >= 0.3 is 0 Å². The number of aryl methyl sites for hydroxylation is 1. The van der Waals surface area contributed by atoms with Crippen molar-refractivity contribution in [3.8, 4) is 0 Å². The first kappa shape index (κ1) is 11.2. The van der Waals surface area contributed by atoms with E-state index >= 15 is 0 Å². The van der Waals surface area contributed by atoms with Crippen molar-refractivity contribution in [2.75, 3.05) is 5.73 Å². The highest BCUT2D eigenvalue weighted by Crippen LogP contribution is 2.24. The molecule has 0 amide bonds. The number of rotatable bonds is 1. The smallest absolute Gasteiger partial charge is 0.264 e. The number of hydrogen-bond acceptors (Lipinski definition) is 5. The largest absolute Gasteiger partial charge is 0.398 e. The zero-order chi connectivity index (χ0) is 16.9. The van der Waals surface area contributed by atoms with Crippen LogP contribution in [-0.4, -0.2) is 21.1 Å². The minimum Gasteiger partial charge on any atom is -0.398 e. The van der Waals surface area contributed by atoms with E-state index in [1.807, 2.05) is 0 Å². The molecule has 21 heavy (non-hydrogen) atoms. The van der Waals surface area contributed by atoms with Gasteiger partial charge in [-0.05, 0) is 25.5 Å². The molecular formula is C15H15N3O3. The highest BCUT2D eigenvalue weighted by atomic mass is 16.2. The molecule has 0 saturated heterocycles. The summed E-state index contributed by atoms with van der Waals surface area (Å²) >= 11 is 0. The molecule has 0 radical (unpaired) electrons. The number of fused-ring (bicyclic) bond motifs is 1. The minimum atomic E-state index is -0.735. The van der Waals surface area contributed by atoms with E-state index in [-0.39, 0.29) is 59.5 Å². The molecule has 2 N–H and O–H groups in total. The Hall–Kier alpha value is -2.50. The second-order valence-corrected chi connectivity index (χ2v) is 5.16. The quantitative estimate of drug-likeness (QED) is 0.627. The fraction of sp³-hybridized carbons (Fsp3) is 0.333. The number of hydrogen-bond donors (Lipinski definition) is 1. The average molecular weight is 287 g/mol. The molecule has 3 rings (SSSR count). The summed E-state index contributed by atoms with van der Waals surface area (Å²) in [6.45, 7) is 1.60. The Morgan fingerprint density at radius 1 is 1.43 bits per heavy atom. The van der Waals surface area contributed by atoms with Gasteiger partial charge in [0.2, 0.25) is 0 Å². The van der Waals surface area contributed by atoms with Crippen LogP contribution in [0.1, 0.15) is 33.9 Å². The molecule has 6 heteroatoms. The predicted octanol–water partition coefficient (Wildman–Crippen LogP) is 1.15. The van der Waals surface area contributed by atoms with Crippen LogP contribution in [0.3, 0.4) is 0 Å². The summed E-state index contributed by atoms with van der Waals surface area (Å²) in [5.74, 6) is -0.112. The van der Waals surface area contributed by atoms with E-state index < -0.39 is 11.6 Å². The zero-order valence-electron chi connectivity index (χ0n) is 13.5. The van der Waals surface area contributed by atoms with Crippen molar-refractivity contribution >= 4 is 28.2 Å². The third-order valence-corrected chi connectivity index (χ3v) is 3.76. The molecule has 108 valence electrons. The third-order valence-electron chi connectivity index (χ3n) is 3.76. The van der Waals surface area contributed by atoms with E-state index in [4.69, 9.17) is 8.48 Å². The predicted molar refractivity (Wildman–Crippen MR) is 78.1 cm³/mol. The number of Topliss-reactive ketones (excluding diaryl/α,β-unsaturated/α-hetero) is 2. The average Bonchev–Trinajstić information content (AvgIpc) is 2.46. The van der Waals surface area contributed by atoms with Gasteiger partial charge in [0.1, 0.15) is 11.6 Å². The zero-order valence-corrected chi connectivity index (χ0v) is 11.5. The fourth-order valence-electron chi connectivity index (χ4n) is 2.76. The van der Waals surface area contributed by atoms with Gasteiger partial charge < -0.3 is 5.73 Å². The molecule has 1 aromatic carbocycles. The molecule has 1 unspecified atom stereocenters. The number of nitrogens with two attached hydrogens (primary N) is 1. The number of carbonyl (C=O) groups is 2. The van der Waals surface area contributed by atoms with Crippen LogP contribution >= 0.6 is 0 Å². The lowest BCUT2D eigenvalue weighted by Crippen LogP contribution is -2.36. The molecule has 1 aliphatic carbocycles. The number of anilines is 1. The highest BCUT2D eigenvalue weighted by molar-refractivity contribution is 6.03. The van der Waals surface area contributed by atoms with Gasteiger partial charge in [-0.2, -0.15) is 0 Å². The number of nitrogen functional groups attached to an aromatic ring is 1. The Balaban J connectivity index is 2.29. The van der Waals surface area contributed by atoms with E-state index in [1.165, 1.54) is 10.6 Å². The molecule has 1 aromatic heterocycles. The molecule has 6 nitrogen and oxygen atoms in total. The first-order chi connectivity index (χ1) is 10.8. The molecule has 0 aliphatic heterocycles. The molecular weight excluding hydrogens is 270 g/mol. The molecule has 1 aliphatic rings. The van der Waals surface area contributed by atoms with Gasteiger partial charge in [-0.3, -0.25) is 19.0 Å². The van der Waals surface area contributed by atoms with Crippen LogP contribution < -0.4 is 11.3 Å². The second kappa shape index (κ2) is 4.80. The first-order valence-corrected chi connectivity index (χ1v) is 6.64. The summed E-state index contributed by atoms with van der Waals surface area (Å²) in [4.78, 5) is 40.6. The summed E-state index contributed by atoms with van der Waals surface area (Å²) in [7, 11) is 0. The number of nitrogens with zero attached hydrogens (tertiary/aromatic N) is 2. The van der Waals surface area contributed by atoms with Crippen LogP contribution in [0.25, 0.3) is 10.9 Å². The summed E-state index contributed by atoms with van der Waals surface area (Å²) < 4.78 is 16.7. The number of aromatic nitrogens is 2. The first-order valence-electron chi connectivity index (χ1n) is 7.64. The van der Waals surface area contributed by atoms with E-state index in [0.717, 1.165) is 0 Å². The summed E-state index contributed by atoms with van der Waals surface area (Å²) in [5.41, 5.74) is 5.44. The van der Waals surface area contributed by atoms with Crippen LogP contribution in [0.5, 0.6) is 0 Å². The summed E-state index contributed by atoms with van der Waals surface area (Å²) in [6.07, 6.45) is 0.320. The maximum absolute atomic E-state index is 12.8. The fourth-order valence-corrected chi connectivity index (χ4v) is 2.76. The van der Waals surface area contributed by atoms with Gasteiger partial charge in [0, 0.05) is 12.1 Å². The SMILES string of the molecule is [2H]c1cc2nc(C)n(C3CCC(=O)CC3=O)c(=O)c2c(N)c1[2H]. The summed E-state index contributed by atoms with van der Waals surface area (Å²) in [5, 5.41) is 0.0429. The van der Waals surface area contributed by atoms with Crippen molar-refractivity contribution in [1.82, 2.24) is 9.55 Å². The van der Waals surface area contributed by atoms with Crippen LogP contribution in [0, 0.1) is 6.92 Å². The molecule has 0 bridgehead atoms. The van der Waals surface area contributed by atoms with Crippen molar-refractivity contribution in [3.05, 3.63) is 34.3 Å². The molecule has 1 atom stereocenters.